The first kappa shape index (κ1) is 32.0. The first-order valence-electron chi connectivity index (χ1n) is 15.0. The second-order valence-electron chi connectivity index (χ2n) is 12.3. The van der Waals surface area contributed by atoms with Gasteiger partial charge in [0.15, 0.2) is 0 Å². The second kappa shape index (κ2) is 11.5. The fourth-order valence-electron chi connectivity index (χ4n) is 8.16. The summed E-state index contributed by atoms with van der Waals surface area (Å²) < 4.78 is 5.39. The number of benzene rings is 3. The van der Waals surface area contributed by atoms with Gasteiger partial charge in [0, 0.05) is 21.5 Å². The fourth-order valence-corrected chi connectivity index (χ4v) is 8.79. The normalized spacial score (nSPS) is 27.8. The monoisotopic (exact) mass is 708 g/mol. The zero-order chi connectivity index (χ0) is 34.2. The number of phenols is 1. The van der Waals surface area contributed by atoms with E-state index in [0.717, 1.165) is 5.01 Å². The number of nitrogens with two attached hydrogens (primary N) is 1. The molecule has 6 unspecified atom stereocenters. The van der Waals surface area contributed by atoms with Crippen LogP contribution in [0.2, 0.25) is 15.1 Å². The van der Waals surface area contributed by atoms with Crippen LogP contribution in [0.1, 0.15) is 29.9 Å². The molecule has 3 aromatic rings. The number of amides is 6. The van der Waals surface area contributed by atoms with Gasteiger partial charge in [0.2, 0.25) is 11.8 Å². The fraction of sp³-hybridized carbons (Fsp3) is 0.265. The maximum Gasteiger partial charge on any atom is 0.328 e. The van der Waals surface area contributed by atoms with E-state index in [0.29, 0.717) is 26.8 Å². The molecule has 6 amide bonds. The van der Waals surface area contributed by atoms with Gasteiger partial charge in [-0.3, -0.25) is 24.6 Å². The molecule has 1 saturated carbocycles. The Labute approximate surface area is 289 Å². The SMILES string of the molecule is COc1ccc(C23C(=O)N(Nc4ccc(Cl)cc4Cl)C(=O)C2CC2C(=CCC4C(=O)N(C(N)=O)C(=O)C42)C3c2cc(Cl)ccc2O)cc1. The predicted molar refractivity (Wildman–Crippen MR) is 175 cm³/mol. The number of anilines is 1. The van der Waals surface area contributed by atoms with Crippen molar-refractivity contribution in [1.29, 1.82) is 0 Å². The molecule has 0 aromatic heterocycles. The zero-order valence-electron chi connectivity index (χ0n) is 25.2. The van der Waals surface area contributed by atoms with E-state index in [1.165, 1.54) is 37.4 Å². The summed E-state index contributed by atoms with van der Waals surface area (Å²) in [7, 11) is 1.50. The minimum absolute atomic E-state index is 0.0421. The molecule has 14 heteroatoms. The number of allylic oxidation sites excluding steroid dienone is 2. The number of carbonyl (C=O) groups is 5. The van der Waals surface area contributed by atoms with Gasteiger partial charge in [-0.05, 0) is 72.9 Å². The number of imide groups is 4. The molecule has 4 N–H and O–H groups in total. The summed E-state index contributed by atoms with van der Waals surface area (Å²) in [4.78, 5) is 69.5. The molecule has 0 radical (unpaired) electrons. The van der Waals surface area contributed by atoms with Gasteiger partial charge in [0.1, 0.15) is 11.5 Å². The van der Waals surface area contributed by atoms with Gasteiger partial charge in [-0.15, -0.1) is 0 Å². The van der Waals surface area contributed by atoms with Crippen LogP contribution in [0.3, 0.4) is 0 Å². The third kappa shape index (κ3) is 4.52. The summed E-state index contributed by atoms with van der Waals surface area (Å²) in [5.74, 6) is -7.33. The van der Waals surface area contributed by atoms with E-state index in [1.54, 1.807) is 36.4 Å². The molecule has 2 saturated heterocycles. The minimum Gasteiger partial charge on any atom is -0.508 e. The van der Waals surface area contributed by atoms with E-state index in [2.05, 4.69) is 5.43 Å². The molecule has 6 atom stereocenters. The largest absolute Gasteiger partial charge is 0.508 e. The number of carbonyl (C=O) groups excluding carboxylic acids is 5. The number of halogens is 3. The molecule has 246 valence electrons. The Kier molecular flexibility index (Phi) is 7.69. The van der Waals surface area contributed by atoms with Gasteiger partial charge >= 0.3 is 6.03 Å². The third-order valence-corrected chi connectivity index (χ3v) is 10.9. The number of hydrogen-bond donors (Lipinski definition) is 3. The van der Waals surface area contributed by atoms with Crippen LogP contribution in [-0.2, 0) is 24.6 Å². The van der Waals surface area contributed by atoms with E-state index in [-0.39, 0.29) is 39.9 Å². The minimum atomic E-state index is -1.69. The average Bonchev–Trinajstić information content (AvgIpc) is 3.44. The molecule has 7 rings (SSSR count). The summed E-state index contributed by atoms with van der Waals surface area (Å²) in [6.45, 7) is 0. The molecule has 2 aliphatic heterocycles. The van der Waals surface area contributed by atoms with E-state index in [1.807, 2.05) is 0 Å². The number of phenolic OH excluding ortho intramolecular Hbond substituents is 1. The maximum absolute atomic E-state index is 15.2. The molecule has 3 aromatic carbocycles. The Bertz CT molecular complexity index is 1970. The number of nitrogens with one attached hydrogen (secondary N) is 1. The van der Waals surface area contributed by atoms with E-state index in [9.17, 15) is 24.3 Å². The molecule has 3 fully saturated rings. The summed E-state index contributed by atoms with van der Waals surface area (Å²) in [5, 5.41) is 13.1. The van der Waals surface area contributed by atoms with Crippen molar-refractivity contribution in [3.63, 3.8) is 0 Å². The van der Waals surface area contributed by atoms with Crippen molar-refractivity contribution in [2.75, 3.05) is 12.5 Å². The predicted octanol–water partition coefficient (Wildman–Crippen LogP) is 5.42. The van der Waals surface area contributed by atoms with Gasteiger partial charge in [0.25, 0.3) is 11.8 Å². The number of nitrogens with zero attached hydrogens (tertiary/aromatic N) is 2. The Balaban J connectivity index is 1.48. The van der Waals surface area contributed by atoms with Gasteiger partial charge in [-0.25, -0.2) is 4.79 Å². The first-order chi connectivity index (χ1) is 22.9. The van der Waals surface area contributed by atoms with Gasteiger partial charge in [-0.1, -0.05) is 58.6 Å². The quantitative estimate of drug-likeness (QED) is 0.234. The Morgan fingerprint density at radius 1 is 0.938 bits per heavy atom. The molecular formula is C34H27Cl3N4O7. The van der Waals surface area contributed by atoms with Crippen LogP contribution >= 0.6 is 34.8 Å². The van der Waals surface area contributed by atoms with Crippen LogP contribution in [0.4, 0.5) is 10.5 Å². The van der Waals surface area contributed by atoms with Crippen molar-refractivity contribution in [2.45, 2.75) is 24.2 Å². The maximum atomic E-state index is 15.2. The van der Waals surface area contributed by atoms with Crippen molar-refractivity contribution in [3.05, 3.63) is 98.5 Å². The van der Waals surface area contributed by atoms with Crippen LogP contribution in [0.15, 0.2) is 72.3 Å². The van der Waals surface area contributed by atoms with Crippen molar-refractivity contribution in [2.24, 2.45) is 29.4 Å². The summed E-state index contributed by atoms with van der Waals surface area (Å²) in [6.07, 6.45) is 1.80. The number of methoxy groups -OCH3 is 1. The second-order valence-corrected chi connectivity index (χ2v) is 13.5. The van der Waals surface area contributed by atoms with E-state index >= 15 is 4.79 Å². The lowest BCUT2D eigenvalue weighted by Crippen LogP contribution is -2.53. The summed E-state index contributed by atoms with van der Waals surface area (Å²) in [6, 6.07) is 14.5. The topological polar surface area (TPSA) is 159 Å². The third-order valence-electron chi connectivity index (χ3n) is 10.1. The number of rotatable bonds is 5. The van der Waals surface area contributed by atoms with E-state index in [4.69, 9.17) is 45.3 Å². The van der Waals surface area contributed by atoms with E-state index < -0.39 is 64.7 Å². The molecule has 0 spiro atoms. The number of urea groups is 1. The van der Waals surface area contributed by atoms with Crippen LogP contribution in [0, 0.1) is 23.7 Å². The highest BCUT2D eigenvalue weighted by molar-refractivity contribution is 6.36. The van der Waals surface area contributed by atoms with Crippen LogP contribution in [-0.4, -0.2) is 51.8 Å². The summed E-state index contributed by atoms with van der Waals surface area (Å²) >= 11 is 19.1. The Morgan fingerprint density at radius 2 is 1.62 bits per heavy atom. The highest BCUT2D eigenvalue weighted by atomic mass is 35.5. The van der Waals surface area contributed by atoms with Gasteiger partial charge in [-0.2, -0.15) is 9.91 Å². The molecule has 2 aliphatic carbocycles. The van der Waals surface area contributed by atoms with Crippen molar-refractivity contribution in [1.82, 2.24) is 9.91 Å². The first-order valence-corrected chi connectivity index (χ1v) is 16.1. The Morgan fingerprint density at radius 3 is 2.29 bits per heavy atom. The van der Waals surface area contributed by atoms with Gasteiger partial charge < -0.3 is 15.6 Å². The molecule has 48 heavy (non-hydrogen) atoms. The highest BCUT2D eigenvalue weighted by Crippen LogP contribution is 2.65. The molecular weight excluding hydrogens is 683 g/mol. The number of aromatic hydroxyl groups is 1. The lowest BCUT2D eigenvalue weighted by molar-refractivity contribution is -0.139. The number of ether oxygens (including phenoxy) is 1. The number of primary amides is 1. The van der Waals surface area contributed by atoms with Crippen molar-refractivity contribution in [3.8, 4) is 11.5 Å². The highest BCUT2D eigenvalue weighted by Gasteiger charge is 2.71. The summed E-state index contributed by atoms with van der Waals surface area (Å²) in [5.41, 5.74) is 8.13. The number of hydrazine groups is 1. The lowest BCUT2D eigenvalue weighted by Gasteiger charge is -2.50. The van der Waals surface area contributed by atoms with Gasteiger partial charge in [0.05, 0.1) is 41.0 Å². The standard InChI is InChI=1S/C34H27Cl3N4O7/c1-48-18-6-2-15(3-7-18)34-23(30(44)41(32(34)46)39-25-10-4-17(36)13-24(25)37)14-21-19(28(34)22-12-16(35)5-11-26(22)42)8-9-20-27(21)31(45)40(29(20)43)33(38)47/h2-8,10-13,20-21,23,27-28,39,42H,9,14H2,1H3,(H2,38,47). The number of likely N-dealkylation sites (tertiary alicyclic amines) is 1. The molecule has 2 heterocycles. The zero-order valence-corrected chi connectivity index (χ0v) is 27.4. The smallest absolute Gasteiger partial charge is 0.328 e. The van der Waals surface area contributed by atoms with Crippen LogP contribution in [0.25, 0.3) is 0 Å². The molecule has 4 aliphatic rings. The Hall–Kier alpha value is -4.58. The lowest BCUT2D eigenvalue weighted by atomic mass is 9.49. The van der Waals surface area contributed by atoms with Crippen molar-refractivity contribution < 1.29 is 33.8 Å². The number of hydrogen-bond acceptors (Lipinski definition) is 8. The van der Waals surface area contributed by atoms with Crippen LogP contribution in [0.5, 0.6) is 11.5 Å². The number of fused-ring (bicyclic) bond motifs is 4. The van der Waals surface area contributed by atoms with Crippen LogP contribution < -0.4 is 15.9 Å². The molecule has 11 nitrogen and oxygen atoms in total. The van der Waals surface area contributed by atoms with Crippen molar-refractivity contribution >= 4 is 70.2 Å². The molecule has 0 bridgehead atoms. The average molecular weight is 710 g/mol.